The van der Waals surface area contributed by atoms with E-state index >= 15 is 0 Å². The van der Waals surface area contributed by atoms with Crippen molar-refractivity contribution in [1.29, 1.82) is 0 Å². The standard InChI is InChI=1S/C13H22N4OS/c1-5-7-6-8(7)15-11(18)9-10(14)16-12(19-9)17-13(2,3)4/h7-8H,5-6,14H2,1-4H3,(H,15,18)(H,16,17). The number of hydrogen-bond acceptors (Lipinski definition) is 5. The van der Waals surface area contributed by atoms with Crippen LogP contribution in [0.4, 0.5) is 10.9 Å². The van der Waals surface area contributed by atoms with Crippen molar-refractivity contribution in [3.63, 3.8) is 0 Å². The van der Waals surface area contributed by atoms with Gasteiger partial charge in [-0.3, -0.25) is 4.79 Å². The molecule has 1 heterocycles. The molecular formula is C13H22N4OS. The van der Waals surface area contributed by atoms with Crippen LogP contribution in [0, 0.1) is 5.92 Å². The van der Waals surface area contributed by atoms with Gasteiger partial charge in [0.05, 0.1) is 0 Å². The first-order valence-corrected chi connectivity index (χ1v) is 7.47. The summed E-state index contributed by atoms with van der Waals surface area (Å²) in [6.07, 6.45) is 2.19. The SMILES string of the molecule is CCC1CC1NC(=O)c1sc(NC(C)(C)C)nc1N. The fourth-order valence-corrected chi connectivity index (χ4v) is 2.97. The van der Waals surface area contributed by atoms with E-state index in [0.717, 1.165) is 12.8 Å². The van der Waals surface area contributed by atoms with Gasteiger partial charge in [0.25, 0.3) is 5.91 Å². The van der Waals surface area contributed by atoms with E-state index in [4.69, 9.17) is 5.73 Å². The molecule has 1 aliphatic rings. The molecule has 1 fully saturated rings. The number of rotatable bonds is 4. The van der Waals surface area contributed by atoms with Crippen LogP contribution in [0.3, 0.4) is 0 Å². The van der Waals surface area contributed by atoms with Gasteiger partial charge >= 0.3 is 0 Å². The quantitative estimate of drug-likeness (QED) is 0.792. The summed E-state index contributed by atoms with van der Waals surface area (Å²) in [6.45, 7) is 8.27. The largest absolute Gasteiger partial charge is 0.382 e. The molecule has 1 aromatic heterocycles. The Labute approximate surface area is 118 Å². The number of nitrogens with two attached hydrogens (primary N) is 1. The number of hydrogen-bond donors (Lipinski definition) is 3. The molecule has 1 aromatic rings. The van der Waals surface area contributed by atoms with Gasteiger partial charge in [-0.1, -0.05) is 24.7 Å². The zero-order valence-corrected chi connectivity index (χ0v) is 12.7. The van der Waals surface area contributed by atoms with Crippen molar-refractivity contribution in [3.8, 4) is 0 Å². The lowest BCUT2D eigenvalue weighted by molar-refractivity contribution is 0.0953. The van der Waals surface area contributed by atoms with Gasteiger partial charge in [-0.15, -0.1) is 0 Å². The number of carbonyl (C=O) groups is 1. The first-order valence-electron chi connectivity index (χ1n) is 6.65. The summed E-state index contributed by atoms with van der Waals surface area (Å²) < 4.78 is 0. The Morgan fingerprint density at radius 1 is 1.53 bits per heavy atom. The molecule has 1 saturated carbocycles. The minimum Gasteiger partial charge on any atom is -0.382 e. The number of thiazole rings is 1. The predicted octanol–water partition coefficient (Wildman–Crippen LogP) is 2.46. The summed E-state index contributed by atoms with van der Waals surface area (Å²) >= 11 is 1.31. The zero-order valence-electron chi connectivity index (χ0n) is 11.9. The Morgan fingerprint density at radius 2 is 2.21 bits per heavy atom. The monoisotopic (exact) mass is 282 g/mol. The van der Waals surface area contributed by atoms with Gasteiger partial charge in [-0.25, -0.2) is 4.98 Å². The Bertz CT molecular complexity index is 477. The highest BCUT2D eigenvalue weighted by molar-refractivity contribution is 7.18. The van der Waals surface area contributed by atoms with Crippen LogP contribution in [0.15, 0.2) is 0 Å². The number of nitrogens with one attached hydrogen (secondary N) is 2. The van der Waals surface area contributed by atoms with E-state index in [9.17, 15) is 4.79 Å². The molecule has 5 nitrogen and oxygen atoms in total. The molecule has 2 rings (SSSR count). The number of aromatic nitrogens is 1. The lowest BCUT2D eigenvalue weighted by Crippen LogP contribution is -2.26. The normalized spacial score (nSPS) is 22.1. The number of nitrogen functional groups attached to an aromatic ring is 1. The Hall–Kier alpha value is -1.30. The highest BCUT2D eigenvalue weighted by Gasteiger charge is 2.37. The topological polar surface area (TPSA) is 80.0 Å². The molecule has 0 spiro atoms. The second kappa shape index (κ2) is 5.00. The smallest absolute Gasteiger partial charge is 0.265 e. The van der Waals surface area contributed by atoms with Gasteiger partial charge < -0.3 is 16.4 Å². The predicted molar refractivity (Wildman–Crippen MR) is 79.6 cm³/mol. The van der Waals surface area contributed by atoms with Crippen LogP contribution in [0.25, 0.3) is 0 Å². The first-order chi connectivity index (χ1) is 8.80. The molecule has 106 valence electrons. The highest BCUT2D eigenvalue weighted by Crippen LogP contribution is 2.34. The summed E-state index contributed by atoms with van der Waals surface area (Å²) in [5, 5.41) is 6.94. The minimum absolute atomic E-state index is 0.0954. The Balaban J connectivity index is 2.02. The molecule has 0 radical (unpaired) electrons. The van der Waals surface area contributed by atoms with Crippen molar-refractivity contribution in [2.45, 2.75) is 52.1 Å². The third-order valence-corrected chi connectivity index (χ3v) is 4.09. The molecule has 0 aromatic carbocycles. The van der Waals surface area contributed by atoms with Crippen molar-refractivity contribution in [1.82, 2.24) is 10.3 Å². The van der Waals surface area contributed by atoms with Crippen LogP contribution in [-0.4, -0.2) is 22.5 Å². The maximum atomic E-state index is 12.1. The van der Waals surface area contributed by atoms with E-state index in [1.165, 1.54) is 11.3 Å². The van der Waals surface area contributed by atoms with Crippen LogP contribution in [0.5, 0.6) is 0 Å². The van der Waals surface area contributed by atoms with Crippen molar-refractivity contribution in [3.05, 3.63) is 4.88 Å². The summed E-state index contributed by atoms with van der Waals surface area (Å²) in [6, 6.07) is 0.318. The molecule has 0 aliphatic heterocycles. The first kappa shape index (κ1) is 14.1. The van der Waals surface area contributed by atoms with Crippen molar-refractivity contribution in [2.24, 2.45) is 5.92 Å². The van der Waals surface area contributed by atoms with Crippen LogP contribution in [0.2, 0.25) is 0 Å². The molecule has 19 heavy (non-hydrogen) atoms. The van der Waals surface area contributed by atoms with Crippen LogP contribution in [0.1, 0.15) is 50.2 Å². The van der Waals surface area contributed by atoms with Gasteiger partial charge in [0.2, 0.25) is 0 Å². The minimum atomic E-state index is -0.0992. The third-order valence-electron chi connectivity index (χ3n) is 3.10. The van der Waals surface area contributed by atoms with Crippen molar-refractivity contribution >= 4 is 28.2 Å². The van der Waals surface area contributed by atoms with E-state index in [1.54, 1.807) is 0 Å². The zero-order chi connectivity index (χ0) is 14.2. The lowest BCUT2D eigenvalue weighted by Gasteiger charge is -2.19. The van der Waals surface area contributed by atoms with Gasteiger partial charge in [0.1, 0.15) is 10.7 Å². The third kappa shape index (κ3) is 3.59. The Kier molecular flexibility index (Phi) is 3.71. The van der Waals surface area contributed by atoms with E-state index in [2.05, 4.69) is 22.5 Å². The fraction of sp³-hybridized carbons (Fsp3) is 0.692. The fourth-order valence-electron chi connectivity index (χ4n) is 1.98. The van der Waals surface area contributed by atoms with Crippen molar-refractivity contribution < 1.29 is 4.79 Å². The number of amides is 1. The van der Waals surface area contributed by atoms with E-state index in [-0.39, 0.29) is 11.4 Å². The van der Waals surface area contributed by atoms with E-state index in [1.807, 2.05) is 20.8 Å². The number of nitrogens with zero attached hydrogens (tertiary/aromatic N) is 1. The Morgan fingerprint density at radius 3 is 2.74 bits per heavy atom. The average Bonchev–Trinajstić information content (AvgIpc) is 2.92. The maximum Gasteiger partial charge on any atom is 0.265 e. The van der Waals surface area contributed by atoms with E-state index < -0.39 is 0 Å². The molecule has 4 N–H and O–H groups in total. The summed E-state index contributed by atoms with van der Waals surface area (Å²) in [7, 11) is 0. The summed E-state index contributed by atoms with van der Waals surface area (Å²) in [4.78, 5) is 16.8. The molecule has 0 bridgehead atoms. The molecule has 1 aliphatic carbocycles. The van der Waals surface area contributed by atoms with Gasteiger partial charge in [0, 0.05) is 11.6 Å². The van der Waals surface area contributed by atoms with Gasteiger partial charge in [-0.05, 0) is 33.1 Å². The molecular weight excluding hydrogens is 260 g/mol. The molecule has 1 amide bonds. The van der Waals surface area contributed by atoms with Gasteiger partial charge in [0.15, 0.2) is 5.13 Å². The van der Waals surface area contributed by atoms with Crippen LogP contribution < -0.4 is 16.4 Å². The van der Waals surface area contributed by atoms with Gasteiger partial charge in [-0.2, -0.15) is 0 Å². The molecule has 6 heteroatoms. The molecule has 2 atom stereocenters. The summed E-state index contributed by atoms with van der Waals surface area (Å²) in [5.74, 6) is 0.839. The maximum absolute atomic E-state index is 12.1. The lowest BCUT2D eigenvalue weighted by atomic mass is 10.1. The van der Waals surface area contributed by atoms with Crippen molar-refractivity contribution in [2.75, 3.05) is 11.1 Å². The van der Waals surface area contributed by atoms with E-state index in [0.29, 0.717) is 27.8 Å². The summed E-state index contributed by atoms with van der Waals surface area (Å²) in [5.41, 5.74) is 5.73. The second-order valence-corrected chi connectivity index (χ2v) is 7.09. The van der Waals surface area contributed by atoms with Crippen LogP contribution >= 0.6 is 11.3 Å². The molecule has 0 saturated heterocycles. The number of carbonyl (C=O) groups excluding carboxylic acids is 1. The van der Waals surface area contributed by atoms with Crippen LogP contribution in [-0.2, 0) is 0 Å². The highest BCUT2D eigenvalue weighted by atomic mass is 32.1. The average molecular weight is 282 g/mol. The number of anilines is 2. The molecule has 2 unspecified atom stereocenters. The second-order valence-electron chi connectivity index (χ2n) is 6.09.